The van der Waals surface area contributed by atoms with E-state index < -0.39 is 0 Å². The second-order valence-electron chi connectivity index (χ2n) is 7.53. The van der Waals surface area contributed by atoms with Gasteiger partial charge in [0.05, 0.1) is 29.8 Å². The van der Waals surface area contributed by atoms with E-state index in [1.807, 2.05) is 19.2 Å². The number of aryl methyl sites for hydroxylation is 1. The molecule has 154 valence electrons. The molecule has 7 nitrogen and oxygen atoms in total. The number of morpholine rings is 1. The zero-order valence-corrected chi connectivity index (χ0v) is 16.7. The number of halogens is 1. The number of rotatable bonds is 4. The second kappa shape index (κ2) is 7.62. The zero-order valence-electron chi connectivity index (χ0n) is 16.7. The summed E-state index contributed by atoms with van der Waals surface area (Å²) >= 11 is 0. The highest BCUT2D eigenvalue weighted by atomic mass is 19.1. The Bertz CT molecular complexity index is 1270. The van der Waals surface area contributed by atoms with E-state index in [-0.39, 0.29) is 11.4 Å². The van der Waals surface area contributed by atoms with Crippen LogP contribution in [0.15, 0.2) is 47.5 Å². The molecule has 1 aliphatic rings. The number of hydrogen-bond acceptors (Lipinski definition) is 5. The standard InChI is InChI=1S/C22H22FN5O2/c1-15-20(16-2-4-17(23)5-3-16)21-24-14-18-19(28(21)25-15)6-7-27(22(18)29)9-8-26-10-12-30-13-11-26/h2-7,14H,8-13H2,1H3. The Morgan fingerprint density at radius 2 is 1.87 bits per heavy atom. The van der Waals surface area contributed by atoms with E-state index in [4.69, 9.17) is 4.74 Å². The minimum Gasteiger partial charge on any atom is -0.379 e. The predicted molar refractivity (Wildman–Crippen MR) is 112 cm³/mol. The number of pyridine rings is 1. The monoisotopic (exact) mass is 407 g/mol. The van der Waals surface area contributed by atoms with Crippen molar-refractivity contribution in [3.8, 4) is 11.1 Å². The summed E-state index contributed by atoms with van der Waals surface area (Å²) in [4.78, 5) is 19.9. The maximum absolute atomic E-state index is 13.3. The molecule has 0 unspecified atom stereocenters. The third-order valence-electron chi connectivity index (χ3n) is 5.65. The highest BCUT2D eigenvalue weighted by Gasteiger charge is 2.17. The van der Waals surface area contributed by atoms with Crippen LogP contribution < -0.4 is 5.56 Å². The lowest BCUT2D eigenvalue weighted by atomic mass is 10.1. The van der Waals surface area contributed by atoms with Gasteiger partial charge >= 0.3 is 0 Å². The molecule has 8 heteroatoms. The van der Waals surface area contributed by atoms with Crippen LogP contribution in [0.2, 0.25) is 0 Å². The first-order chi connectivity index (χ1) is 14.6. The lowest BCUT2D eigenvalue weighted by Crippen LogP contribution is -2.39. The Labute approximate surface area is 172 Å². The number of ether oxygens (including phenoxy) is 1. The topological polar surface area (TPSA) is 64.7 Å². The summed E-state index contributed by atoms with van der Waals surface area (Å²) in [6, 6.07) is 8.19. The molecule has 30 heavy (non-hydrogen) atoms. The van der Waals surface area contributed by atoms with Crippen molar-refractivity contribution in [2.24, 2.45) is 0 Å². The van der Waals surface area contributed by atoms with Gasteiger partial charge in [0.1, 0.15) is 5.82 Å². The quantitative estimate of drug-likeness (QED) is 0.520. The third-order valence-corrected chi connectivity index (χ3v) is 5.65. The van der Waals surface area contributed by atoms with Crippen molar-refractivity contribution in [1.29, 1.82) is 0 Å². The Hall–Kier alpha value is -3.10. The van der Waals surface area contributed by atoms with E-state index in [0.717, 1.165) is 49.7 Å². The fourth-order valence-electron chi connectivity index (χ4n) is 4.02. The van der Waals surface area contributed by atoms with Gasteiger partial charge in [-0.05, 0) is 30.7 Å². The third kappa shape index (κ3) is 3.28. The van der Waals surface area contributed by atoms with E-state index in [9.17, 15) is 9.18 Å². The highest BCUT2D eigenvalue weighted by molar-refractivity contribution is 5.86. The molecule has 0 spiro atoms. The molecule has 0 aliphatic carbocycles. The van der Waals surface area contributed by atoms with Gasteiger partial charge in [0.25, 0.3) is 5.56 Å². The lowest BCUT2D eigenvalue weighted by Gasteiger charge is -2.26. The summed E-state index contributed by atoms with van der Waals surface area (Å²) in [6.45, 7) is 6.58. The van der Waals surface area contributed by atoms with Gasteiger partial charge in [-0.2, -0.15) is 5.10 Å². The molecule has 0 atom stereocenters. The van der Waals surface area contributed by atoms with Crippen molar-refractivity contribution in [2.75, 3.05) is 32.8 Å². The van der Waals surface area contributed by atoms with E-state index in [0.29, 0.717) is 23.1 Å². The van der Waals surface area contributed by atoms with Crippen LogP contribution in [-0.4, -0.2) is 56.9 Å². The predicted octanol–water partition coefficient (Wildman–Crippen LogP) is 2.49. The molecule has 3 aromatic heterocycles. The summed E-state index contributed by atoms with van der Waals surface area (Å²) in [5.74, 6) is -0.288. The van der Waals surface area contributed by atoms with E-state index in [1.54, 1.807) is 27.4 Å². The van der Waals surface area contributed by atoms with Crippen LogP contribution in [0, 0.1) is 12.7 Å². The van der Waals surface area contributed by atoms with Crippen LogP contribution >= 0.6 is 0 Å². The molecule has 4 aromatic rings. The average molecular weight is 407 g/mol. The van der Waals surface area contributed by atoms with Gasteiger partial charge in [0.15, 0.2) is 5.65 Å². The van der Waals surface area contributed by atoms with Crippen LogP contribution in [0.1, 0.15) is 5.69 Å². The highest BCUT2D eigenvalue weighted by Crippen LogP contribution is 2.28. The number of benzene rings is 1. The number of hydrogen-bond donors (Lipinski definition) is 0. The maximum Gasteiger partial charge on any atom is 0.261 e. The largest absolute Gasteiger partial charge is 0.379 e. The van der Waals surface area contributed by atoms with Crippen LogP contribution in [0.4, 0.5) is 4.39 Å². The molecule has 0 saturated carbocycles. The summed E-state index contributed by atoms with van der Waals surface area (Å²) in [6.07, 6.45) is 3.44. The Balaban J connectivity index is 1.54. The molecule has 1 saturated heterocycles. The van der Waals surface area contributed by atoms with Crippen molar-refractivity contribution in [1.82, 2.24) is 24.1 Å². The molecule has 0 N–H and O–H groups in total. The van der Waals surface area contributed by atoms with Crippen molar-refractivity contribution in [3.05, 3.63) is 64.6 Å². The van der Waals surface area contributed by atoms with Crippen LogP contribution in [0.3, 0.4) is 0 Å². The first-order valence-electron chi connectivity index (χ1n) is 10.1. The van der Waals surface area contributed by atoms with Gasteiger partial charge in [0.2, 0.25) is 0 Å². The molecular formula is C22H22FN5O2. The van der Waals surface area contributed by atoms with Gasteiger partial charge in [-0.3, -0.25) is 9.69 Å². The van der Waals surface area contributed by atoms with Crippen molar-refractivity contribution in [2.45, 2.75) is 13.5 Å². The second-order valence-corrected chi connectivity index (χ2v) is 7.53. The smallest absolute Gasteiger partial charge is 0.261 e. The maximum atomic E-state index is 13.3. The first kappa shape index (κ1) is 18.9. The average Bonchev–Trinajstić information content (AvgIpc) is 3.11. The number of aromatic nitrogens is 4. The molecule has 0 bridgehead atoms. The molecular weight excluding hydrogens is 385 g/mol. The minimum atomic E-state index is -0.288. The van der Waals surface area contributed by atoms with Crippen LogP contribution in [0.25, 0.3) is 27.7 Å². The summed E-state index contributed by atoms with van der Waals surface area (Å²) in [7, 11) is 0. The fraction of sp³-hybridized carbons (Fsp3) is 0.318. The van der Waals surface area contributed by atoms with Crippen molar-refractivity contribution < 1.29 is 9.13 Å². The number of fused-ring (bicyclic) bond motifs is 3. The van der Waals surface area contributed by atoms with Crippen LogP contribution in [0.5, 0.6) is 0 Å². The van der Waals surface area contributed by atoms with E-state index in [2.05, 4.69) is 15.0 Å². The van der Waals surface area contributed by atoms with Gasteiger partial charge < -0.3 is 9.30 Å². The normalized spacial score (nSPS) is 15.3. The molecule has 4 heterocycles. The molecule has 1 aliphatic heterocycles. The van der Waals surface area contributed by atoms with Gasteiger partial charge in [0, 0.05) is 44.1 Å². The summed E-state index contributed by atoms with van der Waals surface area (Å²) in [5, 5.41) is 5.15. The molecule has 0 amide bonds. The minimum absolute atomic E-state index is 0.0772. The molecule has 0 radical (unpaired) electrons. The number of nitrogens with zero attached hydrogens (tertiary/aromatic N) is 5. The molecule has 5 rings (SSSR count). The van der Waals surface area contributed by atoms with Gasteiger partial charge in [-0.25, -0.2) is 13.9 Å². The SMILES string of the molecule is Cc1nn2c(ncc3c(=O)n(CCN4CCOCC4)ccc32)c1-c1ccc(F)cc1. The van der Waals surface area contributed by atoms with Crippen LogP contribution in [-0.2, 0) is 11.3 Å². The molecule has 1 fully saturated rings. The summed E-state index contributed by atoms with van der Waals surface area (Å²) < 4.78 is 22.1. The van der Waals surface area contributed by atoms with Gasteiger partial charge in [-0.15, -0.1) is 0 Å². The van der Waals surface area contributed by atoms with Gasteiger partial charge in [-0.1, -0.05) is 12.1 Å². The van der Waals surface area contributed by atoms with Crippen molar-refractivity contribution in [3.63, 3.8) is 0 Å². The van der Waals surface area contributed by atoms with E-state index in [1.165, 1.54) is 12.1 Å². The fourth-order valence-corrected chi connectivity index (χ4v) is 4.02. The summed E-state index contributed by atoms with van der Waals surface area (Å²) in [5.41, 5.74) is 3.74. The van der Waals surface area contributed by atoms with Crippen molar-refractivity contribution >= 4 is 16.6 Å². The Kier molecular flexibility index (Phi) is 4.80. The Morgan fingerprint density at radius 3 is 2.63 bits per heavy atom. The Morgan fingerprint density at radius 1 is 1.10 bits per heavy atom. The zero-order chi connectivity index (χ0) is 20.7. The first-order valence-corrected chi connectivity index (χ1v) is 10.1. The molecule has 1 aromatic carbocycles. The lowest BCUT2D eigenvalue weighted by molar-refractivity contribution is 0.0363. The van der Waals surface area contributed by atoms with E-state index >= 15 is 0 Å².